The Labute approximate surface area is 198 Å². The molecule has 33 heavy (non-hydrogen) atoms. The summed E-state index contributed by atoms with van der Waals surface area (Å²) in [6.45, 7) is 4.42. The van der Waals surface area contributed by atoms with Gasteiger partial charge < -0.3 is 9.67 Å². The molecular weight excluding hydrogens is 436 g/mol. The van der Waals surface area contributed by atoms with E-state index in [-0.39, 0.29) is 0 Å². The molecule has 0 fully saturated rings. The minimum atomic E-state index is -0.899. The molecule has 1 heterocycles. The van der Waals surface area contributed by atoms with Gasteiger partial charge in [-0.2, -0.15) is 10.5 Å². The first-order valence-electron chi connectivity index (χ1n) is 10.4. The van der Waals surface area contributed by atoms with Gasteiger partial charge in [-0.15, -0.1) is 0 Å². The van der Waals surface area contributed by atoms with Crippen LogP contribution in [-0.2, 0) is 17.8 Å². The summed E-state index contributed by atoms with van der Waals surface area (Å²) in [5.41, 5.74) is 6.44. The van der Waals surface area contributed by atoms with Gasteiger partial charge >= 0.3 is 5.97 Å². The van der Waals surface area contributed by atoms with Crippen LogP contribution in [0.2, 0.25) is 5.02 Å². The van der Waals surface area contributed by atoms with Gasteiger partial charge in [-0.3, -0.25) is 9.69 Å². The van der Waals surface area contributed by atoms with E-state index in [1.807, 2.05) is 38.1 Å². The first-order valence-corrected chi connectivity index (χ1v) is 10.8. The molecule has 0 radical (unpaired) electrons. The summed E-state index contributed by atoms with van der Waals surface area (Å²) < 4.78 is 2.08. The molecule has 0 saturated carbocycles. The predicted molar refractivity (Wildman–Crippen MR) is 128 cm³/mol. The van der Waals surface area contributed by atoms with E-state index < -0.39 is 12.0 Å². The molecule has 2 aromatic carbocycles. The number of aliphatic carboxylic acids is 1. The van der Waals surface area contributed by atoms with E-state index in [0.717, 1.165) is 33.6 Å². The van der Waals surface area contributed by atoms with Crippen LogP contribution >= 0.6 is 11.6 Å². The second-order valence-electron chi connectivity index (χ2n) is 8.26. The number of hydrogen-bond donors (Lipinski definition) is 1. The van der Waals surface area contributed by atoms with Gasteiger partial charge in [0, 0.05) is 34.9 Å². The number of carbonyl (C=O) groups is 1. The molecular formula is C26H25ClN4O2. The van der Waals surface area contributed by atoms with Crippen molar-refractivity contribution in [2.75, 3.05) is 14.1 Å². The summed E-state index contributed by atoms with van der Waals surface area (Å²) in [5.74, 6) is -0.899. The summed E-state index contributed by atoms with van der Waals surface area (Å²) in [6, 6.07) is 16.6. The first-order chi connectivity index (χ1) is 15.7. The van der Waals surface area contributed by atoms with Crippen molar-refractivity contribution in [2.24, 2.45) is 0 Å². The van der Waals surface area contributed by atoms with E-state index in [2.05, 4.69) is 16.7 Å². The Morgan fingerprint density at radius 2 is 1.76 bits per heavy atom. The fraction of sp³-hybridized carbons (Fsp3) is 0.269. The third-order valence-electron chi connectivity index (χ3n) is 5.97. The van der Waals surface area contributed by atoms with Crippen LogP contribution in [0.15, 0.2) is 42.5 Å². The summed E-state index contributed by atoms with van der Waals surface area (Å²) >= 11 is 6.39. The van der Waals surface area contributed by atoms with E-state index in [0.29, 0.717) is 29.1 Å². The maximum atomic E-state index is 11.6. The second kappa shape index (κ2) is 9.92. The number of aromatic nitrogens is 1. The minimum absolute atomic E-state index is 0.290. The highest BCUT2D eigenvalue weighted by Crippen LogP contribution is 2.33. The lowest BCUT2D eigenvalue weighted by Crippen LogP contribution is -2.37. The van der Waals surface area contributed by atoms with Crippen LogP contribution in [-0.4, -0.2) is 40.7 Å². The summed E-state index contributed by atoms with van der Waals surface area (Å²) in [6.07, 6.45) is 0.290. The van der Waals surface area contributed by atoms with Crippen molar-refractivity contribution in [3.63, 3.8) is 0 Å². The predicted octanol–water partition coefficient (Wildman–Crippen LogP) is 4.77. The van der Waals surface area contributed by atoms with E-state index >= 15 is 0 Å². The lowest BCUT2D eigenvalue weighted by molar-refractivity contribution is -0.142. The standard InChI is InChI=1S/C26H25ClN4O2/c1-16-22(14-29)25(20-8-5-18(13-28)6-9-20)17(2)31(16)15-19-7-10-23(27)21(11-19)12-24(26(32)33)30(3)4/h5-11,24H,12,15H2,1-4H3,(H,32,33). The third kappa shape index (κ3) is 4.93. The van der Waals surface area contributed by atoms with Crippen molar-refractivity contribution in [3.05, 3.63) is 81.1 Å². The lowest BCUT2D eigenvalue weighted by Gasteiger charge is -2.21. The SMILES string of the molecule is Cc1c(C#N)c(-c2ccc(C#N)cc2)c(C)n1Cc1ccc(Cl)c(CC(C(=O)O)N(C)C)c1. The van der Waals surface area contributed by atoms with Crippen LogP contribution in [0.5, 0.6) is 0 Å². The third-order valence-corrected chi connectivity index (χ3v) is 6.34. The van der Waals surface area contributed by atoms with Gasteiger partial charge in [-0.25, -0.2) is 0 Å². The molecule has 7 heteroatoms. The summed E-state index contributed by atoms with van der Waals surface area (Å²) in [7, 11) is 3.47. The number of nitrogens with zero attached hydrogens (tertiary/aromatic N) is 4. The Morgan fingerprint density at radius 1 is 1.09 bits per heavy atom. The normalized spacial score (nSPS) is 11.8. The number of nitriles is 2. The largest absolute Gasteiger partial charge is 0.480 e. The molecule has 3 rings (SSSR count). The van der Waals surface area contributed by atoms with Crippen LogP contribution in [0.4, 0.5) is 0 Å². The van der Waals surface area contributed by atoms with E-state index in [4.69, 9.17) is 16.9 Å². The van der Waals surface area contributed by atoms with Crippen molar-refractivity contribution in [1.29, 1.82) is 10.5 Å². The van der Waals surface area contributed by atoms with Gasteiger partial charge in [0.1, 0.15) is 12.1 Å². The molecule has 1 atom stereocenters. The minimum Gasteiger partial charge on any atom is -0.480 e. The highest BCUT2D eigenvalue weighted by Gasteiger charge is 2.22. The fourth-order valence-corrected chi connectivity index (χ4v) is 4.28. The Balaban J connectivity index is 2.00. The number of hydrogen-bond acceptors (Lipinski definition) is 4. The van der Waals surface area contributed by atoms with Crippen molar-refractivity contribution in [1.82, 2.24) is 9.47 Å². The molecule has 0 saturated heterocycles. The lowest BCUT2D eigenvalue weighted by atomic mass is 10.0. The molecule has 1 unspecified atom stereocenters. The molecule has 0 spiro atoms. The number of carboxylic acids is 1. The van der Waals surface area contributed by atoms with Crippen LogP contribution in [0.25, 0.3) is 11.1 Å². The quantitative estimate of drug-likeness (QED) is 0.548. The topological polar surface area (TPSA) is 93.0 Å². The van der Waals surface area contributed by atoms with Gasteiger partial charge in [0.05, 0.1) is 17.2 Å². The number of likely N-dealkylation sites (N-methyl/N-ethyl adjacent to an activating group) is 1. The van der Waals surface area contributed by atoms with Crippen LogP contribution in [0, 0.1) is 36.5 Å². The van der Waals surface area contributed by atoms with Crippen LogP contribution < -0.4 is 0 Å². The number of rotatable bonds is 7. The molecule has 168 valence electrons. The maximum absolute atomic E-state index is 11.6. The Bertz CT molecular complexity index is 1280. The zero-order valence-electron chi connectivity index (χ0n) is 19.1. The van der Waals surface area contributed by atoms with Gasteiger partial charge in [0.2, 0.25) is 0 Å². The molecule has 0 bridgehead atoms. The van der Waals surface area contributed by atoms with Crippen molar-refractivity contribution >= 4 is 17.6 Å². The second-order valence-corrected chi connectivity index (χ2v) is 8.66. The molecule has 6 nitrogen and oxygen atoms in total. The van der Waals surface area contributed by atoms with E-state index in [1.165, 1.54) is 0 Å². The Morgan fingerprint density at radius 3 is 2.30 bits per heavy atom. The Hall–Kier alpha value is -3.58. The maximum Gasteiger partial charge on any atom is 0.321 e. The molecule has 1 N–H and O–H groups in total. The average molecular weight is 461 g/mol. The highest BCUT2D eigenvalue weighted by atomic mass is 35.5. The van der Waals surface area contributed by atoms with Crippen LogP contribution in [0.1, 0.15) is 33.6 Å². The number of benzene rings is 2. The van der Waals surface area contributed by atoms with Crippen molar-refractivity contribution in [2.45, 2.75) is 32.9 Å². The zero-order valence-corrected chi connectivity index (χ0v) is 19.8. The van der Waals surface area contributed by atoms with Gasteiger partial charge in [-0.05, 0) is 62.8 Å². The summed E-state index contributed by atoms with van der Waals surface area (Å²) in [4.78, 5) is 13.3. The number of carboxylic acid groups (broad SMARTS) is 1. The molecule has 1 aromatic heterocycles. The monoisotopic (exact) mass is 460 g/mol. The van der Waals surface area contributed by atoms with Gasteiger partial charge in [-0.1, -0.05) is 35.9 Å². The molecule has 0 aliphatic carbocycles. The van der Waals surface area contributed by atoms with Gasteiger partial charge in [0.25, 0.3) is 0 Å². The molecule has 0 amide bonds. The van der Waals surface area contributed by atoms with E-state index in [9.17, 15) is 15.2 Å². The van der Waals surface area contributed by atoms with Crippen molar-refractivity contribution < 1.29 is 9.90 Å². The molecule has 0 aliphatic heterocycles. The fourth-order valence-electron chi connectivity index (χ4n) is 4.09. The first kappa shape index (κ1) is 24.1. The Kier molecular flexibility index (Phi) is 7.23. The molecule has 0 aliphatic rings. The smallest absolute Gasteiger partial charge is 0.321 e. The summed E-state index contributed by atoms with van der Waals surface area (Å²) in [5, 5.41) is 29.0. The average Bonchev–Trinajstić information content (AvgIpc) is 3.02. The van der Waals surface area contributed by atoms with Gasteiger partial charge in [0.15, 0.2) is 0 Å². The van der Waals surface area contributed by atoms with Crippen molar-refractivity contribution in [3.8, 4) is 23.3 Å². The zero-order chi connectivity index (χ0) is 24.3. The van der Waals surface area contributed by atoms with E-state index in [1.54, 1.807) is 37.2 Å². The highest BCUT2D eigenvalue weighted by molar-refractivity contribution is 6.31. The number of halogens is 1. The van der Waals surface area contributed by atoms with Crippen LogP contribution in [0.3, 0.4) is 0 Å². The molecule has 3 aromatic rings.